The lowest BCUT2D eigenvalue weighted by Crippen LogP contribution is -2.42. The van der Waals surface area contributed by atoms with Crippen molar-refractivity contribution < 1.29 is 14.3 Å². The van der Waals surface area contributed by atoms with Gasteiger partial charge in [-0.05, 0) is 39.7 Å². The highest BCUT2D eigenvalue weighted by atomic mass is 16.6. The molecule has 1 aliphatic heterocycles. The molecule has 1 rings (SSSR count). The first-order valence-electron chi connectivity index (χ1n) is 5.51. The molecule has 0 aromatic carbocycles. The number of nitrogens with zero attached hydrogens (tertiary/aromatic N) is 1. The van der Waals surface area contributed by atoms with Gasteiger partial charge in [-0.25, -0.2) is 4.79 Å². The van der Waals surface area contributed by atoms with Crippen LogP contribution in [0.4, 0.5) is 0 Å². The third kappa shape index (κ3) is 3.08. The van der Waals surface area contributed by atoms with Crippen LogP contribution in [0.5, 0.6) is 0 Å². The highest BCUT2D eigenvalue weighted by Gasteiger charge is 2.35. The van der Waals surface area contributed by atoms with Gasteiger partial charge in [-0.2, -0.15) is 0 Å². The van der Waals surface area contributed by atoms with Gasteiger partial charge in [0.1, 0.15) is 11.6 Å². The number of carbonyl (C=O) groups excluding carboxylic acids is 2. The number of likely N-dealkylation sites (tertiary alicyclic amines) is 1. The number of hydrogen-bond donors (Lipinski definition) is 0. The minimum Gasteiger partial charge on any atom is -0.458 e. The average Bonchev–Trinajstić information content (AvgIpc) is 2.62. The van der Waals surface area contributed by atoms with Crippen molar-refractivity contribution in [2.75, 3.05) is 6.54 Å². The van der Waals surface area contributed by atoms with Crippen LogP contribution < -0.4 is 0 Å². The molecule has 0 saturated carbocycles. The minimum atomic E-state index is -0.511. The second kappa shape index (κ2) is 4.68. The molecule has 4 heteroatoms. The molecule has 1 fully saturated rings. The molecule has 1 saturated heterocycles. The Labute approximate surface area is 96.3 Å². The molecule has 1 atom stereocenters. The molecular formula is C12H19NO3. The number of amides is 1. The first-order valence-corrected chi connectivity index (χ1v) is 5.51. The van der Waals surface area contributed by atoms with Gasteiger partial charge in [0, 0.05) is 6.54 Å². The molecule has 0 aliphatic carbocycles. The van der Waals surface area contributed by atoms with Crippen molar-refractivity contribution in [3.63, 3.8) is 0 Å². The third-order valence-corrected chi connectivity index (χ3v) is 2.39. The van der Waals surface area contributed by atoms with Crippen LogP contribution in [0, 0.1) is 0 Å². The Balaban J connectivity index is 2.68. The molecule has 0 radical (unpaired) electrons. The number of hydrogen-bond acceptors (Lipinski definition) is 3. The Kier molecular flexibility index (Phi) is 3.73. The van der Waals surface area contributed by atoms with Crippen LogP contribution in [0.2, 0.25) is 0 Å². The zero-order valence-corrected chi connectivity index (χ0v) is 10.2. The fourth-order valence-electron chi connectivity index (χ4n) is 1.76. The van der Waals surface area contributed by atoms with Crippen molar-refractivity contribution in [3.05, 3.63) is 12.7 Å². The van der Waals surface area contributed by atoms with E-state index in [0.717, 1.165) is 6.42 Å². The minimum absolute atomic E-state index is 0.201. The summed E-state index contributed by atoms with van der Waals surface area (Å²) in [7, 11) is 0. The molecule has 0 N–H and O–H groups in total. The standard InChI is InChI=1S/C12H19NO3/c1-5-10(14)13-8-6-7-9(13)11(15)16-12(2,3)4/h5,9H,1,6-8H2,2-4H3/t9-/m0/s1. The van der Waals surface area contributed by atoms with Gasteiger partial charge in [0.15, 0.2) is 0 Å². The molecule has 1 aliphatic rings. The zero-order chi connectivity index (χ0) is 12.3. The Hall–Kier alpha value is -1.32. The maximum atomic E-state index is 11.8. The first-order chi connectivity index (χ1) is 7.35. The van der Waals surface area contributed by atoms with Crippen molar-refractivity contribution in [1.82, 2.24) is 4.90 Å². The Morgan fingerprint density at radius 1 is 1.44 bits per heavy atom. The smallest absolute Gasteiger partial charge is 0.329 e. The highest BCUT2D eigenvalue weighted by Crippen LogP contribution is 2.21. The van der Waals surface area contributed by atoms with Crippen molar-refractivity contribution in [3.8, 4) is 0 Å². The van der Waals surface area contributed by atoms with Gasteiger partial charge in [0.05, 0.1) is 0 Å². The molecule has 90 valence electrons. The highest BCUT2D eigenvalue weighted by molar-refractivity contribution is 5.91. The Bertz CT molecular complexity index is 304. The molecule has 0 bridgehead atoms. The van der Waals surface area contributed by atoms with Gasteiger partial charge in [-0.1, -0.05) is 6.58 Å². The normalized spacial score (nSPS) is 20.7. The molecule has 16 heavy (non-hydrogen) atoms. The summed E-state index contributed by atoms with van der Waals surface area (Å²) in [6, 6.07) is -0.440. The quantitative estimate of drug-likeness (QED) is 0.528. The van der Waals surface area contributed by atoms with Gasteiger partial charge >= 0.3 is 5.97 Å². The molecule has 1 heterocycles. The summed E-state index contributed by atoms with van der Waals surface area (Å²) >= 11 is 0. The largest absolute Gasteiger partial charge is 0.458 e. The number of rotatable bonds is 2. The Morgan fingerprint density at radius 3 is 2.56 bits per heavy atom. The van der Waals surface area contributed by atoms with Crippen molar-refractivity contribution in [2.45, 2.75) is 45.3 Å². The maximum absolute atomic E-state index is 11.8. The van der Waals surface area contributed by atoms with Crippen molar-refractivity contribution in [1.29, 1.82) is 0 Å². The van der Waals surface area contributed by atoms with Crippen LogP contribution >= 0.6 is 0 Å². The average molecular weight is 225 g/mol. The summed E-state index contributed by atoms with van der Waals surface area (Å²) in [6.45, 7) is 9.49. The van der Waals surface area contributed by atoms with Crippen molar-refractivity contribution in [2.24, 2.45) is 0 Å². The summed E-state index contributed by atoms with van der Waals surface area (Å²) in [6.07, 6.45) is 2.75. The third-order valence-electron chi connectivity index (χ3n) is 2.39. The molecule has 4 nitrogen and oxygen atoms in total. The summed E-state index contributed by atoms with van der Waals surface area (Å²) in [5.74, 6) is -0.520. The van der Waals surface area contributed by atoms with E-state index in [1.165, 1.54) is 11.0 Å². The van der Waals surface area contributed by atoms with E-state index < -0.39 is 11.6 Å². The van der Waals surface area contributed by atoms with Crippen LogP contribution in [0.1, 0.15) is 33.6 Å². The van der Waals surface area contributed by atoms with Crippen LogP contribution in [0.3, 0.4) is 0 Å². The zero-order valence-electron chi connectivity index (χ0n) is 10.2. The molecular weight excluding hydrogens is 206 g/mol. The lowest BCUT2D eigenvalue weighted by molar-refractivity contribution is -0.162. The second-order valence-electron chi connectivity index (χ2n) is 4.93. The van der Waals surface area contributed by atoms with Crippen molar-refractivity contribution >= 4 is 11.9 Å². The fraction of sp³-hybridized carbons (Fsp3) is 0.667. The Morgan fingerprint density at radius 2 is 2.06 bits per heavy atom. The summed E-state index contributed by atoms with van der Waals surface area (Å²) < 4.78 is 5.28. The summed E-state index contributed by atoms with van der Waals surface area (Å²) in [5, 5.41) is 0. The van der Waals surface area contributed by atoms with Crippen LogP contribution in [-0.2, 0) is 14.3 Å². The molecule has 0 unspecified atom stereocenters. The second-order valence-corrected chi connectivity index (χ2v) is 4.93. The van der Waals surface area contributed by atoms with Gasteiger partial charge < -0.3 is 9.64 Å². The summed E-state index contributed by atoms with van der Waals surface area (Å²) in [4.78, 5) is 24.9. The van der Waals surface area contributed by atoms with Gasteiger partial charge in [0.2, 0.25) is 5.91 Å². The van der Waals surface area contributed by atoms with Gasteiger partial charge in [-0.15, -0.1) is 0 Å². The van der Waals surface area contributed by atoms with E-state index >= 15 is 0 Å². The van der Waals surface area contributed by atoms with E-state index in [1.54, 1.807) is 0 Å². The SMILES string of the molecule is C=CC(=O)N1CCC[C@H]1C(=O)OC(C)(C)C. The number of ether oxygens (including phenoxy) is 1. The lowest BCUT2D eigenvalue weighted by Gasteiger charge is -2.26. The van der Waals surface area contributed by atoms with Crippen LogP contribution in [0.25, 0.3) is 0 Å². The van der Waals surface area contributed by atoms with E-state index in [1.807, 2.05) is 20.8 Å². The van der Waals surface area contributed by atoms with Crippen LogP contribution in [-0.4, -0.2) is 35.0 Å². The van der Waals surface area contributed by atoms with Crippen LogP contribution in [0.15, 0.2) is 12.7 Å². The lowest BCUT2D eigenvalue weighted by atomic mass is 10.1. The summed E-state index contributed by atoms with van der Waals surface area (Å²) in [5.41, 5.74) is -0.511. The maximum Gasteiger partial charge on any atom is 0.329 e. The number of esters is 1. The van der Waals surface area contributed by atoms with E-state index in [4.69, 9.17) is 4.74 Å². The fourth-order valence-corrected chi connectivity index (χ4v) is 1.76. The molecule has 0 aromatic rings. The number of carbonyl (C=O) groups is 2. The van der Waals surface area contributed by atoms with E-state index in [0.29, 0.717) is 13.0 Å². The topological polar surface area (TPSA) is 46.6 Å². The molecule has 0 aromatic heterocycles. The van der Waals surface area contributed by atoms with Gasteiger partial charge in [0.25, 0.3) is 0 Å². The van der Waals surface area contributed by atoms with E-state index in [9.17, 15) is 9.59 Å². The molecule has 0 spiro atoms. The molecule has 1 amide bonds. The van der Waals surface area contributed by atoms with E-state index in [-0.39, 0.29) is 11.9 Å². The van der Waals surface area contributed by atoms with E-state index in [2.05, 4.69) is 6.58 Å². The van der Waals surface area contributed by atoms with Gasteiger partial charge in [-0.3, -0.25) is 4.79 Å². The first kappa shape index (κ1) is 12.7. The predicted octanol–water partition coefficient (Wildman–Crippen LogP) is 1.51. The monoisotopic (exact) mass is 225 g/mol. The predicted molar refractivity (Wildman–Crippen MR) is 60.8 cm³/mol.